The van der Waals surface area contributed by atoms with Gasteiger partial charge in [-0.05, 0) is 55.0 Å². The van der Waals surface area contributed by atoms with E-state index in [0.717, 1.165) is 24.3 Å². The maximum Gasteiger partial charge on any atom is 0.00480 e. The van der Waals surface area contributed by atoms with Crippen molar-refractivity contribution in [3.8, 4) is 0 Å². The van der Waals surface area contributed by atoms with E-state index in [-0.39, 0.29) is 0 Å². The third-order valence-corrected chi connectivity index (χ3v) is 5.07. The summed E-state index contributed by atoms with van der Waals surface area (Å²) in [6.45, 7) is 3.21. The van der Waals surface area contributed by atoms with Crippen LogP contribution in [-0.2, 0) is 6.42 Å². The SMILES string of the molecule is CCC1CCC(CN)C(Cc2cccs2)C1. The Morgan fingerprint density at radius 3 is 2.88 bits per heavy atom. The Balaban J connectivity index is 1.97. The summed E-state index contributed by atoms with van der Waals surface area (Å²) >= 11 is 1.90. The number of thiophene rings is 1. The molecule has 1 aromatic heterocycles. The molecule has 16 heavy (non-hydrogen) atoms. The van der Waals surface area contributed by atoms with Crippen molar-refractivity contribution in [2.75, 3.05) is 6.54 Å². The van der Waals surface area contributed by atoms with Gasteiger partial charge in [0, 0.05) is 4.88 Å². The molecule has 3 atom stereocenters. The van der Waals surface area contributed by atoms with Crippen LogP contribution < -0.4 is 5.73 Å². The molecule has 0 aromatic carbocycles. The quantitative estimate of drug-likeness (QED) is 0.849. The Morgan fingerprint density at radius 2 is 2.25 bits per heavy atom. The average Bonchev–Trinajstić information content (AvgIpc) is 2.82. The highest BCUT2D eigenvalue weighted by Gasteiger charge is 2.28. The van der Waals surface area contributed by atoms with Crippen LogP contribution >= 0.6 is 11.3 Å². The molecule has 0 bridgehead atoms. The summed E-state index contributed by atoms with van der Waals surface area (Å²) in [6.07, 6.45) is 6.76. The maximum atomic E-state index is 5.91. The summed E-state index contributed by atoms with van der Waals surface area (Å²) in [6, 6.07) is 4.44. The second-order valence-corrected chi connectivity index (χ2v) is 6.16. The van der Waals surface area contributed by atoms with E-state index >= 15 is 0 Å². The summed E-state index contributed by atoms with van der Waals surface area (Å²) in [5.74, 6) is 2.56. The Bertz CT molecular complexity index is 294. The van der Waals surface area contributed by atoms with Crippen LogP contribution in [0.25, 0.3) is 0 Å². The topological polar surface area (TPSA) is 26.0 Å². The first kappa shape index (κ1) is 12.1. The normalized spacial score (nSPS) is 30.5. The Labute approximate surface area is 103 Å². The summed E-state index contributed by atoms with van der Waals surface area (Å²) in [7, 11) is 0. The van der Waals surface area contributed by atoms with Crippen molar-refractivity contribution in [2.24, 2.45) is 23.5 Å². The van der Waals surface area contributed by atoms with Crippen LogP contribution in [0.4, 0.5) is 0 Å². The molecule has 1 fully saturated rings. The molecule has 1 aliphatic rings. The van der Waals surface area contributed by atoms with E-state index in [0.29, 0.717) is 0 Å². The third kappa shape index (κ3) is 2.86. The molecule has 1 saturated carbocycles. The van der Waals surface area contributed by atoms with E-state index in [9.17, 15) is 0 Å². The molecule has 3 unspecified atom stereocenters. The van der Waals surface area contributed by atoms with E-state index < -0.39 is 0 Å². The van der Waals surface area contributed by atoms with Gasteiger partial charge in [-0.2, -0.15) is 0 Å². The van der Waals surface area contributed by atoms with Crippen molar-refractivity contribution in [1.82, 2.24) is 0 Å². The molecule has 2 N–H and O–H groups in total. The Morgan fingerprint density at radius 1 is 1.38 bits per heavy atom. The lowest BCUT2D eigenvalue weighted by atomic mass is 9.72. The predicted molar refractivity (Wildman–Crippen MR) is 71.7 cm³/mol. The fourth-order valence-electron chi connectivity index (χ4n) is 3.04. The molecule has 0 saturated heterocycles. The van der Waals surface area contributed by atoms with Gasteiger partial charge in [-0.15, -0.1) is 11.3 Å². The molecular formula is C14H23NS. The van der Waals surface area contributed by atoms with Crippen molar-refractivity contribution >= 4 is 11.3 Å². The highest BCUT2D eigenvalue weighted by molar-refractivity contribution is 7.09. The smallest absolute Gasteiger partial charge is 0.00480 e. The summed E-state index contributed by atoms with van der Waals surface area (Å²) in [5.41, 5.74) is 5.91. The van der Waals surface area contributed by atoms with Gasteiger partial charge in [0.1, 0.15) is 0 Å². The minimum absolute atomic E-state index is 0.768. The number of nitrogens with two attached hydrogens (primary N) is 1. The zero-order chi connectivity index (χ0) is 11.4. The second kappa shape index (κ2) is 5.83. The average molecular weight is 237 g/mol. The Hall–Kier alpha value is -0.340. The highest BCUT2D eigenvalue weighted by Crippen LogP contribution is 2.37. The van der Waals surface area contributed by atoms with Crippen LogP contribution in [0.15, 0.2) is 17.5 Å². The molecular weight excluding hydrogens is 214 g/mol. The third-order valence-electron chi connectivity index (χ3n) is 4.17. The van der Waals surface area contributed by atoms with Crippen molar-refractivity contribution in [1.29, 1.82) is 0 Å². The van der Waals surface area contributed by atoms with Crippen LogP contribution in [0.3, 0.4) is 0 Å². The summed E-state index contributed by atoms with van der Waals surface area (Å²) in [5, 5.41) is 2.19. The second-order valence-electron chi connectivity index (χ2n) is 5.13. The van der Waals surface area contributed by atoms with Crippen LogP contribution in [0, 0.1) is 17.8 Å². The Kier molecular flexibility index (Phi) is 4.42. The fraction of sp³-hybridized carbons (Fsp3) is 0.714. The summed E-state index contributed by atoms with van der Waals surface area (Å²) < 4.78 is 0. The van der Waals surface area contributed by atoms with Gasteiger partial charge in [-0.1, -0.05) is 25.8 Å². The molecule has 2 rings (SSSR count). The first-order valence-corrected chi connectivity index (χ1v) is 7.43. The highest BCUT2D eigenvalue weighted by atomic mass is 32.1. The largest absolute Gasteiger partial charge is 0.330 e. The zero-order valence-electron chi connectivity index (χ0n) is 10.2. The number of hydrogen-bond donors (Lipinski definition) is 1. The van der Waals surface area contributed by atoms with Gasteiger partial charge >= 0.3 is 0 Å². The number of hydrogen-bond acceptors (Lipinski definition) is 2. The van der Waals surface area contributed by atoms with E-state index in [4.69, 9.17) is 5.73 Å². The predicted octanol–water partition coefficient (Wildman–Crippen LogP) is 3.69. The molecule has 2 heteroatoms. The van der Waals surface area contributed by atoms with Gasteiger partial charge in [0.05, 0.1) is 0 Å². The van der Waals surface area contributed by atoms with E-state index in [2.05, 4.69) is 24.4 Å². The maximum absolute atomic E-state index is 5.91. The first-order valence-electron chi connectivity index (χ1n) is 6.56. The molecule has 1 nitrogen and oxygen atoms in total. The van der Waals surface area contributed by atoms with Gasteiger partial charge < -0.3 is 5.73 Å². The molecule has 0 amide bonds. The van der Waals surface area contributed by atoms with Crippen molar-refractivity contribution in [2.45, 2.75) is 39.0 Å². The fourth-order valence-corrected chi connectivity index (χ4v) is 3.84. The molecule has 1 aliphatic carbocycles. The zero-order valence-corrected chi connectivity index (χ0v) is 11.0. The van der Waals surface area contributed by atoms with Gasteiger partial charge in [0.25, 0.3) is 0 Å². The lowest BCUT2D eigenvalue weighted by molar-refractivity contribution is 0.180. The van der Waals surface area contributed by atoms with Crippen LogP contribution in [0.5, 0.6) is 0 Å². The summed E-state index contributed by atoms with van der Waals surface area (Å²) in [4.78, 5) is 1.54. The van der Waals surface area contributed by atoms with E-state index in [1.54, 1.807) is 4.88 Å². The monoisotopic (exact) mass is 237 g/mol. The van der Waals surface area contributed by atoms with Gasteiger partial charge in [0.2, 0.25) is 0 Å². The molecule has 0 radical (unpaired) electrons. The van der Waals surface area contributed by atoms with Crippen molar-refractivity contribution in [3.63, 3.8) is 0 Å². The van der Waals surface area contributed by atoms with Crippen molar-refractivity contribution in [3.05, 3.63) is 22.4 Å². The van der Waals surface area contributed by atoms with Crippen LogP contribution in [-0.4, -0.2) is 6.54 Å². The lowest BCUT2D eigenvalue weighted by Gasteiger charge is -2.35. The van der Waals surface area contributed by atoms with E-state index in [1.165, 1.54) is 32.1 Å². The van der Waals surface area contributed by atoms with Crippen LogP contribution in [0.1, 0.15) is 37.5 Å². The van der Waals surface area contributed by atoms with Gasteiger partial charge in [-0.25, -0.2) is 0 Å². The molecule has 1 heterocycles. The molecule has 0 spiro atoms. The molecule has 0 aliphatic heterocycles. The van der Waals surface area contributed by atoms with Crippen LogP contribution in [0.2, 0.25) is 0 Å². The molecule has 90 valence electrons. The van der Waals surface area contributed by atoms with Gasteiger partial charge in [0.15, 0.2) is 0 Å². The first-order chi connectivity index (χ1) is 7.83. The standard InChI is InChI=1S/C14H23NS/c1-2-11-5-6-12(10-15)13(8-11)9-14-4-3-7-16-14/h3-4,7,11-13H,2,5-6,8-10,15H2,1H3. The van der Waals surface area contributed by atoms with Crippen molar-refractivity contribution < 1.29 is 0 Å². The minimum Gasteiger partial charge on any atom is -0.330 e. The van der Waals surface area contributed by atoms with Gasteiger partial charge in [-0.3, -0.25) is 0 Å². The molecule has 1 aromatic rings. The minimum atomic E-state index is 0.768. The van der Waals surface area contributed by atoms with E-state index in [1.807, 2.05) is 11.3 Å². The number of rotatable bonds is 4. The lowest BCUT2D eigenvalue weighted by Crippen LogP contribution is -2.31.